The minimum atomic E-state index is -0.521. The third kappa shape index (κ3) is 5.10. The Hall–Kier alpha value is -2.97. The van der Waals surface area contributed by atoms with Crippen LogP contribution < -0.4 is 5.32 Å². The Balaban J connectivity index is 1.78. The van der Waals surface area contributed by atoms with E-state index < -0.39 is 5.97 Å². The summed E-state index contributed by atoms with van der Waals surface area (Å²) in [6, 6.07) is 11.4. The standard InChI is InChI=1S/C21H24N4O3S/c1-4-28-21(27)17-12-22-25(16-8-6-5-7-9-16)20(17)23-19(26)14-24(3)13-18-15(2)10-11-29-18/h5-12H,4,13-14H2,1-3H3,(H,23,26). The van der Waals surface area contributed by atoms with Gasteiger partial charge >= 0.3 is 5.97 Å². The van der Waals surface area contributed by atoms with Crippen LogP contribution in [0, 0.1) is 6.92 Å². The lowest BCUT2D eigenvalue weighted by Crippen LogP contribution is -2.31. The number of rotatable bonds is 8. The molecule has 0 aliphatic heterocycles. The number of aryl methyl sites for hydroxylation is 1. The predicted molar refractivity (Wildman–Crippen MR) is 114 cm³/mol. The van der Waals surface area contributed by atoms with Crippen LogP contribution in [0.4, 0.5) is 5.82 Å². The molecule has 0 atom stereocenters. The summed E-state index contributed by atoms with van der Waals surface area (Å²) in [4.78, 5) is 28.2. The highest BCUT2D eigenvalue weighted by Gasteiger charge is 2.22. The van der Waals surface area contributed by atoms with Gasteiger partial charge in [0.25, 0.3) is 0 Å². The number of esters is 1. The Bertz CT molecular complexity index is 981. The minimum absolute atomic E-state index is 0.180. The second kappa shape index (κ2) is 9.49. The number of aromatic nitrogens is 2. The normalized spacial score (nSPS) is 10.9. The molecule has 1 aromatic carbocycles. The van der Waals surface area contributed by atoms with Crippen LogP contribution in [0.1, 0.15) is 27.7 Å². The first-order chi connectivity index (χ1) is 14.0. The molecule has 3 aromatic rings. The second-order valence-corrected chi connectivity index (χ2v) is 7.62. The van der Waals surface area contributed by atoms with Crippen molar-refractivity contribution in [3.8, 4) is 5.69 Å². The van der Waals surface area contributed by atoms with E-state index in [9.17, 15) is 9.59 Å². The van der Waals surface area contributed by atoms with E-state index >= 15 is 0 Å². The number of ether oxygens (including phenoxy) is 1. The molecule has 2 aromatic heterocycles. The molecule has 0 saturated heterocycles. The molecular weight excluding hydrogens is 388 g/mol. The van der Waals surface area contributed by atoms with Crippen LogP contribution in [0.25, 0.3) is 5.69 Å². The molecule has 0 unspecified atom stereocenters. The van der Waals surface area contributed by atoms with Crippen molar-refractivity contribution >= 4 is 29.0 Å². The van der Waals surface area contributed by atoms with Crippen LogP contribution >= 0.6 is 11.3 Å². The number of carbonyl (C=O) groups excluding carboxylic acids is 2. The molecule has 0 bridgehead atoms. The molecule has 7 nitrogen and oxygen atoms in total. The van der Waals surface area contributed by atoms with Crippen LogP contribution in [-0.2, 0) is 16.1 Å². The third-order valence-corrected chi connectivity index (χ3v) is 5.33. The van der Waals surface area contributed by atoms with Gasteiger partial charge in [0, 0.05) is 11.4 Å². The fraction of sp³-hybridized carbons (Fsp3) is 0.286. The summed E-state index contributed by atoms with van der Waals surface area (Å²) in [6.07, 6.45) is 1.42. The van der Waals surface area contributed by atoms with Crippen molar-refractivity contribution in [1.82, 2.24) is 14.7 Å². The maximum absolute atomic E-state index is 12.7. The van der Waals surface area contributed by atoms with Crippen LogP contribution in [0.5, 0.6) is 0 Å². The average molecular weight is 413 g/mol. The quantitative estimate of drug-likeness (QED) is 0.573. The monoisotopic (exact) mass is 412 g/mol. The number of nitrogens with zero attached hydrogens (tertiary/aromatic N) is 3. The number of nitrogens with one attached hydrogen (secondary N) is 1. The molecule has 0 spiro atoms. The topological polar surface area (TPSA) is 76.5 Å². The number of para-hydroxylation sites is 1. The number of likely N-dealkylation sites (N-methyl/N-ethyl adjacent to an activating group) is 1. The Kier molecular flexibility index (Phi) is 6.79. The number of thiophene rings is 1. The third-order valence-electron chi connectivity index (χ3n) is 4.32. The van der Waals surface area contributed by atoms with Gasteiger partial charge in [-0.15, -0.1) is 11.3 Å². The molecule has 3 rings (SSSR count). The largest absolute Gasteiger partial charge is 0.462 e. The number of anilines is 1. The Labute approximate surface area is 173 Å². The van der Waals surface area contributed by atoms with Gasteiger partial charge < -0.3 is 10.1 Å². The number of benzene rings is 1. The number of hydrogen-bond donors (Lipinski definition) is 1. The highest BCUT2D eigenvalue weighted by atomic mass is 32.1. The Morgan fingerprint density at radius 3 is 2.66 bits per heavy atom. The molecule has 0 radical (unpaired) electrons. The molecule has 152 valence electrons. The number of amides is 1. The predicted octanol–water partition coefficient (Wildman–Crippen LogP) is 3.49. The van der Waals surface area contributed by atoms with Crippen LogP contribution in [0.3, 0.4) is 0 Å². The van der Waals surface area contributed by atoms with Gasteiger partial charge in [-0.05, 0) is 50.0 Å². The van der Waals surface area contributed by atoms with E-state index in [-0.39, 0.29) is 24.6 Å². The summed E-state index contributed by atoms with van der Waals surface area (Å²) < 4.78 is 6.65. The molecule has 0 aliphatic carbocycles. The number of carbonyl (C=O) groups is 2. The van der Waals surface area contributed by atoms with Gasteiger partial charge in [-0.1, -0.05) is 18.2 Å². The van der Waals surface area contributed by atoms with Gasteiger partial charge in [0.2, 0.25) is 5.91 Å². The lowest BCUT2D eigenvalue weighted by Gasteiger charge is -2.17. The van der Waals surface area contributed by atoms with Crippen molar-refractivity contribution < 1.29 is 14.3 Å². The Morgan fingerprint density at radius 2 is 2.00 bits per heavy atom. The molecule has 0 fully saturated rings. The summed E-state index contributed by atoms with van der Waals surface area (Å²) in [5, 5.41) is 9.17. The van der Waals surface area contributed by atoms with Crippen molar-refractivity contribution in [2.24, 2.45) is 0 Å². The second-order valence-electron chi connectivity index (χ2n) is 6.62. The van der Waals surface area contributed by atoms with Crippen LogP contribution in [0.2, 0.25) is 0 Å². The van der Waals surface area contributed by atoms with Crippen LogP contribution in [0.15, 0.2) is 48.0 Å². The molecule has 0 saturated carbocycles. The number of hydrogen-bond acceptors (Lipinski definition) is 6. The summed E-state index contributed by atoms with van der Waals surface area (Å²) in [5.74, 6) is -0.446. The van der Waals surface area contributed by atoms with Crippen molar-refractivity contribution in [3.63, 3.8) is 0 Å². The van der Waals surface area contributed by atoms with Gasteiger partial charge in [-0.25, -0.2) is 9.48 Å². The fourth-order valence-electron chi connectivity index (χ4n) is 2.88. The van der Waals surface area contributed by atoms with Gasteiger partial charge in [0.1, 0.15) is 5.56 Å². The van der Waals surface area contributed by atoms with Crippen LogP contribution in [-0.4, -0.2) is 46.8 Å². The highest BCUT2D eigenvalue weighted by Crippen LogP contribution is 2.22. The molecule has 29 heavy (non-hydrogen) atoms. The lowest BCUT2D eigenvalue weighted by molar-refractivity contribution is -0.117. The summed E-state index contributed by atoms with van der Waals surface area (Å²) in [7, 11) is 1.89. The smallest absolute Gasteiger partial charge is 0.343 e. The van der Waals surface area contributed by atoms with Gasteiger partial charge in [-0.2, -0.15) is 5.10 Å². The summed E-state index contributed by atoms with van der Waals surface area (Å²) in [6.45, 7) is 4.90. The van der Waals surface area contributed by atoms with Gasteiger partial charge in [0.05, 0.1) is 25.0 Å². The minimum Gasteiger partial charge on any atom is -0.462 e. The molecule has 2 heterocycles. The maximum Gasteiger partial charge on any atom is 0.343 e. The first kappa shape index (κ1) is 20.8. The zero-order valence-corrected chi connectivity index (χ0v) is 17.5. The first-order valence-corrected chi connectivity index (χ1v) is 10.2. The first-order valence-electron chi connectivity index (χ1n) is 9.31. The summed E-state index contributed by atoms with van der Waals surface area (Å²) >= 11 is 1.67. The Morgan fingerprint density at radius 1 is 1.24 bits per heavy atom. The van der Waals surface area contributed by atoms with E-state index in [4.69, 9.17) is 4.74 Å². The van der Waals surface area contributed by atoms with Gasteiger partial charge in [0.15, 0.2) is 5.82 Å². The van der Waals surface area contributed by atoms with E-state index in [1.54, 1.807) is 18.3 Å². The van der Waals surface area contributed by atoms with Crippen molar-refractivity contribution in [1.29, 1.82) is 0 Å². The molecule has 1 amide bonds. The van der Waals surface area contributed by atoms with Gasteiger partial charge in [-0.3, -0.25) is 9.69 Å². The summed E-state index contributed by atoms with van der Waals surface area (Å²) in [5.41, 5.74) is 2.18. The van der Waals surface area contributed by atoms with Crippen molar-refractivity contribution in [2.75, 3.05) is 25.5 Å². The van der Waals surface area contributed by atoms with E-state index in [1.165, 1.54) is 21.3 Å². The van der Waals surface area contributed by atoms with E-state index in [1.807, 2.05) is 47.7 Å². The molecular formula is C21H24N4O3S. The SMILES string of the molecule is CCOC(=O)c1cnn(-c2ccccc2)c1NC(=O)CN(C)Cc1sccc1C. The zero-order chi connectivity index (χ0) is 20.8. The zero-order valence-electron chi connectivity index (χ0n) is 16.7. The van der Waals surface area contributed by atoms with E-state index in [0.717, 1.165) is 5.69 Å². The lowest BCUT2D eigenvalue weighted by atomic mass is 10.3. The van der Waals surface area contributed by atoms with Crippen molar-refractivity contribution in [2.45, 2.75) is 20.4 Å². The molecule has 1 N–H and O–H groups in total. The molecule has 8 heteroatoms. The maximum atomic E-state index is 12.7. The van der Waals surface area contributed by atoms with E-state index in [2.05, 4.69) is 23.4 Å². The highest BCUT2D eigenvalue weighted by molar-refractivity contribution is 7.10. The average Bonchev–Trinajstić information content (AvgIpc) is 3.29. The van der Waals surface area contributed by atoms with Crippen molar-refractivity contribution in [3.05, 3.63) is 64.0 Å². The molecule has 0 aliphatic rings. The van der Waals surface area contributed by atoms with E-state index in [0.29, 0.717) is 12.4 Å². The fourth-order valence-corrected chi connectivity index (χ4v) is 3.86.